The normalized spacial score (nSPS) is 23.8. The number of aromatic nitrogens is 2. The number of aromatic amines is 1. The van der Waals surface area contributed by atoms with Crippen molar-refractivity contribution in [3.63, 3.8) is 0 Å². The molecule has 1 heterocycles. The van der Waals surface area contributed by atoms with Crippen LogP contribution in [0.1, 0.15) is 37.4 Å². The van der Waals surface area contributed by atoms with Crippen molar-refractivity contribution in [1.29, 1.82) is 0 Å². The Kier molecular flexibility index (Phi) is 3.78. The third-order valence-corrected chi connectivity index (χ3v) is 3.64. The Bertz CT molecular complexity index is 532. The molecular weight excluding hydrogens is 250 g/mol. The first-order valence-electron chi connectivity index (χ1n) is 6.16. The van der Waals surface area contributed by atoms with Gasteiger partial charge in [-0.05, 0) is 37.8 Å². The van der Waals surface area contributed by atoms with Crippen LogP contribution in [0.15, 0.2) is 18.2 Å². The summed E-state index contributed by atoms with van der Waals surface area (Å²) in [5.74, 6) is 1.81. The number of rotatable bonds is 1. The van der Waals surface area contributed by atoms with E-state index in [1.165, 1.54) is 0 Å². The van der Waals surface area contributed by atoms with Crippen molar-refractivity contribution in [2.75, 3.05) is 0 Å². The molecule has 1 aliphatic rings. The number of phenolic OH excluding ortho intramolecular Hbond substituents is 1. The number of nitrogens with one attached hydrogen (secondary N) is 1. The SMILES string of the molecule is Cl.NC1CCC(c2nc3ccc(O)cc3[nH]2)CC1. The number of halogens is 1. The number of fused-ring (bicyclic) bond motifs is 1. The molecule has 1 saturated carbocycles. The molecule has 5 heteroatoms. The standard InChI is InChI=1S/C13H17N3O.ClH/c14-9-3-1-8(2-4-9)13-15-11-6-5-10(17)7-12(11)16-13;/h5-9,17H,1-4,14H2,(H,15,16);1H. The van der Waals surface area contributed by atoms with Crippen LogP contribution >= 0.6 is 12.4 Å². The molecule has 3 rings (SSSR count). The fraction of sp³-hybridized carbons (Fsp3) is 0.462. The third-order valence-electron chi connectivity index (χ3n) is 3.64. The average molecular weight is 268 g/mol. The molecule has 18 heavy (non-hydrogen) atoms. The van der Waals surface area contributed by atoms with E-state index in [4.69, 9.17) is 5.73 Å². The summed E-state index contributed by atoms with van der Waals surface area (Å²) in [6.45, 7) is 0. The first kappa shape index (κ1) is 13.2. The van der Waals surface area contributed by atoms with Crippen LogP contribution in [-0.2, 0) is 0 Å². The highest BCUT2D eigenvalue weighted by Crippen LogP contribution is 2.32. The van der Waals surface area contributed by atoms with Crippen LogP contribution in [0.2, 0.25) is 0 Å². The fourth-order valence-electron chi connectivity index (χ4n) is 2.60. The van der Waals surface area contributed by atoms with Crippen LogP contribution in [0.5, 0.6) is 5.75 Å². The minimum Gasteiger partial charge on any atom is -0.508 e. The quantitative estimate of drug-likeness (QED) is 0.744. The van der Waals surface area contributed by atoms with E-state index in [1.807, 2.05) is 6.07 Å². The molecule has 0 radical (unpaired) electrons. The van der Waals surface area contributed by atoms with Gasteiger partial charge >= 0.3 is 0 Å². The lowest BCUT2D eigenvalue weighted by molar-refractivity contribution is 0.386. The zero-order valence-electron chi connectivity index (χ0n) is 10.1. The van der Waals surface area contributed by atoms with Crippen molar-refractivity contribution in [3.05, 3.63) is 24.0 Å². The maximum Gasteiger partial charge on any atom is 0.117 e. The molecule has 2 aromatic rings. The molecule has 0 aliphatic heterocycles. The Morgan fingerprint density at radius 2 is 1.94 bits per heavy atom. The molecule has 1 aliphatic carbocycles. The highest BCUT2D eigenvalue weighted by Gasteiger charge is 2.22. The molecule has 4 nitrogen and oxygen atoms in total. The van der Waals surface area contributed by atoms with Gasteiger partial charge in [0, 0.05) is 18.0 Å². The van der Waals surface area contributed by atoms with Crippen molar-refractivity contribution >= 4 is 23.4 Å². The van der Waals surface area contributed by atoms with Gasteiger partial charge in [0.25, 0.3) is 0 Å². The molecule has 0 unspecified atom stereocenters. The van der Waals surface area contributed by atoms with Crippen LogP contribution in [0.25, 0.3) is 11.0 Å². The van der Waals surface area contributed by atoms with Crippen molar-refractivity contribution in [3.8, 4) is 5.75 Å². The lowest BCUT2D eigenvalue weighted by Crippen LogP contribution is -2.26. The average Bonchev–Trinajstić information content (AvgIpc) is 2.72. The zero-order valence-corrected chi connectivity index (χ0v) is 10.9. The Labute approximate surface area is 112 Å². The summed E-state index contributed by atoms with van der Waals surface area (Å²) < 4.78 is 0. The van der Waals surface area contributed by atoms with Crippen molar-refractivity contribution in [2.24, 2.45) is 5.73 Å². The summed E-state index contributed by atoms with van der Waals surface area (Å²) in [6.07, 6.45) is 4.36. The maximum absolute atomic E-state index is 9.42. The molecule has 1 aromatic carbocycles. The first-order valence-corrected chi connectivity index (χ1v) is 6.16. The van der Waals surface area contributed by atoms with Crippen molar-refractivity contribution < 1.29 is 5.11 Å². The molecule has 1 aromatic heterocycles. The maximum atomic E-state index is 9.42. The summed E-state index contributed by atoms with van der Waals surface area (Å²) in [5.41, 5.74) is 7.74. The van der Waals surface area contributed by atoms with Gasteiger partial charge < -0.3 is 15.8 Å². The van der Waals surface area contributed by atoms with Crippen LogP contribution in [0.3, 0.4) is 0 Å². The minimum absolute atomic E-state index is 0. The first-order chi connectivity index (χ1) is 8.22. The van der Waals surface area contributed by atoms with Gasteiger partial charge in [0.15, 0.2) is 0 Å². The number of benzene rings is 1. The topological polar surface area (TPSA) is 74.9 Å². The summed E-state index contributed by atoms with van der Waals surface area (Å²) in [6, 6.07) is 5.60. The monoisotopic (exact) mass is 267 g/mol. The predicted molar refractivity (Wildman–Crippen MR) is 74.2 cm³/mol. The number of nitrogens with two attached hydrogens (primary N) is 1. The van der Waals surface area contributed by atoms with Gasteiger partial charge in [-0.25, -0.2) is 4.98 Å². The van der Waals surface area contributed by atoms with Crippen LogP contribution < -0.4 is 5.73 Å². The number of hydrogen-bond acceptors (Lipinski definition) is 3. The third kappa shape index (κ3) is 2.44. The van der Waals surface area contributed by atoms with Gasteiger partial charge in [-0.15, -0.1) is 12.4 Å². The summed E-state index contributed by atoms with van der Waals surface area (Å²) in [4.78, 5) is 7.90. The Morgan fingerprint density at radius 3 is 2.67 bits per heavy atom. The summed E-state index contributed by atoms with van der Waals surface area (Å²) >= 11 is 0. The van der Waals surface area contributed by atoms with Crippen molar-refractivity contribution in [2.45, 2.75) is 37.6 Å². The largest absolute Gasteiger partial charge is 0.508 e. The molecule has 0 amide bonds. The highest BCUT2D eigenvalue weighted by atomic mass is 35.5. The van der Waals surface area contributed by atoms with E-state index in [-0.39, 0.29) is 18.2 Å². The molecule has 98 valence electrons. The van der Waals surface area contributed by atoms with Gasteiger partial charge in [0.05, 0.1) is 11.0 Å². The van der Waals surface area contributed by atoms with E-state index in [0.717, 1.165) is 42.5 Å². The highest BCUT2D eigenvalue weighted by molar-refractivity contribution is 5.85. The van der Waals surface area contributed by atoms with Gasteiger partial charge in [-0.2, -0.15) is 0 Å². The van der Waals surface area contributed by atoms with Gasteiger partial charge in [-0.3, -0.25) is 0 Å². The fourth-order valence-corrected chi connectivity index (χ4v) is 2.60. The number of phenols is 1. The summed E-state index contributed by atoms with van der Waals surface area (Å²) in [5, 5.41) is 9.42. The van der Waals surface area contributed by atoms with Crippen LogP contribution in [0.4, 0.5) is 0 Å². The molecular formula is C13H18ClN3O. The van der Waals surface area contributed by atoms with Gasteiger partial charge in [0.1, 0.15) is 11.6 Å². The van der Waals surface area contributed by atoms with Gasteiger partial charge in [0.2, 0.25) is 0 Å². The second-order valence-corrected chi connectivity index (χ2v) is 4.94. The van der Waals surface area contributed by atoms with E-state index in [2.05, 4.69) is 9.97 Å². The summed E-state index contributed by atoms with van der Waals surface area (Å²) in [7, 11) is 0. The number of hydrogen-bond donors (Lipinski definition) is 3. The van der Waals surface area contributed by atoms with E-state index >= 15 is 0 Å². The lowest BCUT2D eigenvalue weighted by Gasteiger charge is -2.24. The predicted octanol–water partition coefficient (Wildman–Crippen LogP) is 2.68. The molecule has 1 fully saturated rings. The van der Waals surface area contributed by atoms with Crippen molar-refractivity contribution in [1.82, 2.24) is 9.97 Å². The molecule has 4 N–H and O–H groups in total. The van der Waals surface area contributed by atoms with Crippen LogP contribution in [-0.4, -0.2) is 21.1 Å². The Hall–Kier alpha value is -1.26. The smallest absolute Gasteiger partial charge is 0.117 e. The van der Waals surface area contributed by atoms with Gasteiger partial charge in [-0.1, -0.05) is 0 Å². The molecule has 0 bridgehead atoms. The van der Waals surface area contributed by atoms with E-state index in [9.17, 15) is 5.11 Å². The number of imidazole rings is 1. The minimum atomic E-state index is 0. The number of aromatic hydroxyl groups is 1. The second kappa shape index (κ2) is 5.16. The van der Waals surface area contributed by atoms with E-state index in [1.54, 1.807) is 12.1 Å². The Morgan fingerprint density at radius 1 is 1.22 bits per heavy atom. The second-order valence-electron chi connectivity index (χ2n) is 4.94. The Balaban J connectivity index is 0.00000120. The zero-order chi connectivity index (χ0) is 11.8. The molecule has 0 atom stereocenters. The number of H-pyrrole nitrogens is 1. The van der Waals surface area contributed by atoms with E-state index < -0.39 is 0 Å². The number of nitrogens with zero attached hydrogens (tertiary/aromatic N) is 1. The van der Waals surface area contributed by atoms with Crippen LogP contribution in [0, 0.1) is 0 Å². The lowest BCUT2D eigenvalue weighted by atomic mass is 9.86. The molecule has 0 saturated heterocycles. The molecule has 0 spiro atoms. The van der Waals surface area contributed by atoms with E-state index in [0.29, 0.717) is 12.0 Å².